The highest BCUT2D eigenvalue weighted by atomic mass is 79.9. The molecule has 3 rings (SSSR count). The van der Waals surface area contributed by atoms with E-state index in [1.807, 2.05) is 24.0 Å². The summed E-state index contributed by atoms with van der Waals surface area (Å²) in [4.78, 5) is 9.05. The summed E-state index contributed by atoms with van der Waals surface area (Å²) in [6.07, 6.45) is 6.53. The van der Waals surface area contributed by atoms with E-state index >= 15 is 0 Å². The third kappa shape index (κ3) is 2.17. The third-order valence-electron chi connectivity index (χ3n) is 3.44. The van der Waals surface area contributed by atoms with Gasteiger partial charge in [-0.05, 0) is 41.1 Å². The third-order valence-corrected chi connectivity index (χ3v) is 5.51. The van der Waals surface area contributed by atoms with Gasteiger partial charge in [0, 0.05) is 22.0 Å². The second-order valence-corrected chi connectivity index (χ2v) is 7.09. The number of rotatable bonds is 4. The molecule has 0 aliphatic heterocycles. The highest BCUT2D eigenvalue weighted by Crippen LogP contribution is 2.49. The Labute approximate surface area is 123 Å². The van der Waals surface area contributed by atoms with Crippen LogP contribution in [-0.4, -0.2) is 25.5 Å². The summed E-state index contributed by atoms with van der Waals surface area (Å²) in [6, 6.07) is 1.99. The van der Waals surface area contributed by atoms with Crippen LogP contribution in [0.2, 0.25) is 0 Å². The molecule has 0 spiro atoms. The van der Waals surface area contributed by atoms with E-state index < -0.39 is 0 Å². The van der Waals surface area contributed by atoms with Crippen LogP contribution >= 0.6 is 39.3 Å². The second kappa shape index (κ2) is 4.69. The Morgan fingerprint density at radius 2 is 2.33 bits per heavy atom. The maximum absolute atomic E-state index is 6.01. The van der Waals surface area contributed by atoms with Gasteiger partial charge >= 0.3 is 0 Å². The van der Waals surface area contributed by atoms with Gasteiger partial charge in [0.15, 0.2) is 5.65 Å². The maximum Gasteiger partial charge on any atom is 0.160 e. The Hall–Kier alpha value is -0.260. The maximum atomic E-state index is 6.01. The number of fused-ring (bicyclic) bond motifs is 1. The van der Waals surface area contributed by atoms with Crippen LogP contribution in [-0.2, 0) is 12.4 Å². The average molecular weight is 347 g/mol. The van der Waals surface area contributed by atoms with Crippen LogP contribution in [0.5, 0.6) is 0 Å². The fraction of sp³-hybridized carbons (Fsp3) is 0.500. The minimum Gasteiger partial charge on any atom is -0.310 e. The van der Waals surface area contributed by atoms with Crippen molar-refractivity contribution in [3.8, 4) is 0 Å². The number of aromatic nitrogens is 3. The predicted octanol–water partition coefficient (Wildman–Crippen LogP) is 3.83. The quantitative estimate of drug-likeness (QED) is 0.788. The van der Waals surface area contributed by atoms with Gasteiger partial charge in [0.1, 0.15) is 11.3 Å². The smallest absolute Gasteiger partial charge is 0.160 e. The van der Waals surface area contributed by atoms with E-state index in [4.69, 9.17) is 11.6 Å². The van der Waals surface area contributed by atoms with E-state index in [1.165, 1.54) is 12.8 Å². The van der Waals surface area contributed by atoms with Crippen LogP contribution in [0.1, 0.15) is 18.7 Å². The van der Waals surface area contributed by atoms with Crippen molar-refractivity contribution in [2.75, 3.05) is 6.26 Å². The van der Waals surface area contributed by atoms with Gasteiger partial charge in [-0.2, -0.15) is 11.8 Å². The summed E-state index contributed by atoms with van der Waals surface area (Å²) in [5.41, 5.74) is 1.85. The van der Waals surface area contributed by atoms with Crippen LogP contribution in [0.15, 0.2) is 16.7 Å². The molecule has 2 aromatic rings. The zero-order valence-corrected chi connectivity index (χ0v) is 13.1. The first-order valence-electron chi connectivity index (χ1n) is 5.79. The van der Waals surface area contributed by atoms with Gasteiger partial charge in [0.05, 0.1) is 5.88 Å². The highest BCUT2D eigenvalue weighted by Gasteiger charge is 2.42. The van der Waals surface area contributed by atoms with Crippen molar-refractivity contribution in [3.63, 3.8) is 0 Å². The Balaban J connectivity index is 2.08. The number of thioether (sulfide) groups is 1. The van der Waals surface area contributed by atoms with Gasteiger partial charge in [-0.1, -0.05) is 0 Å². The monoisotopic (exact) mass is 345 g/mol. The van der Waals surface area contributed by atoms with E-state index in [2.05, 4.69) is 36.7 Å². The van der Waals surface area contributed by atoms with Crippen molar-refractivity contribution in [2.45, 2.75) is 30.0 Å². The Kier molecular flexibility index (Phi) is 3.32. The molecular formula is C12H13BrClN3S. The van der Waals surface area contributed by atoms with E-state index in [9.17, 15) is 0 Å². The summed E-state index contributed by atoms with van der Waals surface area (Å²) in [6.45, 7) is 0.960. The molecule has 18 heavy (non-hydrogen) atoms. The minimum absolute atomic E-state index is 0.378. The fourth-order valence-electron chi connectivity index (χ4n) is 2.16. The molecule has 0 aromatic carbocycles. The number of pyridine rings is 1. The lowest BCUT2D eigenvalue weighted by atomic mass is 10.4. The molecule has 0 N–H and O–H groups in total. The molecule has 0 atom stereocenters. The lowest BCUT2D eigenvalue weighted by Crippen LogP contribution is -2.15. The second-order valence-electron chi connectivity index (χ2n) is 4.63. The van der Waals surface area contributed by atoms with Crippen molar-refractivity contribution in [1.82, 2.24) is 14.5 Å². The van der Waals surface area contributed by atoms with E-state index in [-0.39, 0.29) is 0 Å². The summed E-state index contributed by atoms with van der Waals surface area (Å²) in [7, 11) is 0. The largest absolute Gasteiger partial charge is 0.310 e. The van der Waals surface area contributed by atoms with Gasteiger partial charge in [-0.25, -0.2) is 9.97 Å². The standard InChI is InChI=1S/C12H13BrClN3S/c1-18-12(2-3-12)7-17-10(5-14)16-9-4-8(13)6-15-11(9)17/h4,6H,2-3,5,7H2,1H3. The molecule has 0 saturated heterocycles. The molecule has 1 aliphatic rings. The van der Waals surface area contributed by atoms with Gasteiger partial charge in [0.25, 0.3) is 0 Å². The van der Waals surface area contributed by atoms with Crippen molar-refractivity contribution in [1.29, 1.82) is 0 Å². The summed E-state index contributed by atoms with van der Waals surface area (Å²) >= 11 is 11.4. The fourth-order valence-corrected chi connectivity index (χ4v) is 3.45. The number of hydrogen-bond donors (Lipinski definition) is 0. The van der Waals surface area contributed by atoms with Crippen LogP contribution < -0.4 is 0 Å². The van der Waals surface area contributed by atoms with E-state index in [0.29, 0.717) is 10.6 Å². The number of alkyl halides is 1. The summed E-state index contributed by atoms with van der Waals surface area (Å²) in [5, 5.41) is 0. The Morgan fingerprint density at radius 3 is 2.94 bits per heavy atom. The van der Waals surface area contributed by atoms with Gasteiger partial charge in [-0.3, -0.25) is 0 Å². The summed E-state index contributed by atoms with van der Waals surface area (Å²) in [5.74, 6) is 1.34. The lowest BCUT2D eigenvalue weighted by Gasteiger charge is -2.14. The van der Waals surface area contributed by atoms with Crippen molar-refractivity contribution in [2.24, 2.45) is 0 Å². The molecule has 0 amide bonds. The van der Waals surface area contributed by atoms with Crippen LogP contribution in [0.3, 0.4) is 0 Å². The Bertz CT molecular complexity index is 594. The van der Waals surface area contributed by atoms with E-state index in [1.54, 1.807) is 0 Å². The van der Waals surface area contributed by atoms with E-state index in [0.717, 1.165) is 28.0 Å². The molecule has 1 saturated carbocycles. The first-order chi connectivity index (χ1) is 8.67. The first-order valence-corrected chi connectivity index (χ1v) is 8.34. The molecule has 3 nitrogen and oxygen atoms in total. The molecule has 0 unspecified atom stereocenters. The zero-order chi connectivity index (χ0) is 12.8. The minimum atomic E-state index is 0.378. The first kappa shape index (κ1) is 12.8. The molecular weight excluding hydrogens is 334 g/mol. The average Bonchev–Trinajstić information content (AvgIpc) is 3.07. The Morgan fingerprint density at radius 1 is 1.56 bits per heavy atom. The molecule has 1 fully saturated rings. The molecule has 2 heterocycles. The molecule has 96 valence electrons. The number of imidazole rings is 1. The normalized spacial score (nSPS) is 17.3. The summed E-state index contributed by atoms with van der Waals surface area (Å²) < 4.78 is 3.51. The SMILES string of the molecule is CSC1(Cn2c(CCl)nc3cc(Br)cnc32)CC1. The number of nitrogens with zero attached hydrogens (tertiary/aromatic N) is 3. The molecule has 0 bridgehead atoms. The molecule has 6 heteroatoms. The molecule has 1 aliphatic carbocycles. The van der Waals surface area contributed by atoms with Gasteiger partial charge in [0.2, 0.25) is 0 Å². The highest BCUT2D eigenvalue weighted by molar-refractivity contribution is 9.10. The van der Waals surface area contributed by atoms with Crippen molar-refractivity contribution < 1.29 is 0 Å². The van der Waals surface area contributed by atoms with Crippen molar-refractivity contribution in [3.05, 3.63) is 22.6 Å². The number of halogens is 2. The lowest BCUT2D eigenvalue weighted by molar-refractivity contribution is 0.650. The predicted molar refractivity (Wildman–Crippen MR) is 80.3 cm³/mol. The van der Waals surface area contributed by atoms with Crippen LogP contribution in [0.4, 0.5) is 0 Å². The topological polar surface area (TPSA) is 30.7 Å². The molecule has 0 radical (unpaired) electrons. The van der Waals surface area contributed by atoms with Crippen molar-refractivity contribution >= 4 is 50.5 Å². The van der Waals surface area contributed by atoms with Crippen LogP contribution in [0.25, 0.3) is 11.2 Å². The zero-order valence-electron chi connectivity index (χ0n) is 9.99. The van der Waals surface area contributed by atoms with Gasteiger partial charge < -0.3 is 4.57 Å². The van der Waals surface area contributed by atoms with Gasteiger partial charge in [-0.15, -0.1) is 11.6 Å². The number of hydrogen-bond acceptors (Lipinski definition) is 3. The van der Waals surface area contributed by atoms with Crippen LogP contribution in [0, 0.1) is 0 Å². The molecule has 2 aromatic heterocycles.